The molecule has 130 valence electrons. The van der Waals surface area contributed by atoms with E-state index >= 15 is 0 Å². The lowest BCUT2D eigenvalue weighted by atomic mass is 10.0. The first-order chi connectivity index (χ1) is 12.0. The first-order valence-corrected chi connectivity index (χ1v) is 9.01. The van der Waals surface area contributed by atoms with Gasteiger partial charge in [0.1, 0.15) is 12.0 Å². The molecule has 3 aromatic rings. The molecule has 0 spiro atoms. The zero-order valence-electron chi connectivity index (χ0n) is 13.6. The lowest BCUT2D eigenvalue weighted by Crippen LogP contribution is -2.08. The van der Waals surface area contributed by atoms with Crippen molar-refractivity contribution in [3.8, 4) is 22.6 Å². The van der Waals surface area contributed by atoms with Crippen molar-refractivity contribution in [3.05, 3.63) is 60.4 Å². The van der Waals surface area contributed by atoms with Crippen molar-refractivity contribution in [2.75, 3.05) is 13.4 Å². The SMILES string of the molecule is COc1ccc(-c2cc(-n3cccn3)cc(C(F)F)c2[S+](C)[O-])cc1. The number of ether oxygens (including phenoxy) is 1. The van der Waals surface area contributed by atoms with Crippen LogP contribution in [0.15, 0.2) is 59.8 Å². The number of hydrogen-bond donors (Lipinski definition) is 0. The van der Waals surface area contributed by atoms with Crippen LogP contribution in [0.5, 0.6) is 5.75 Å². The number of rotatable bonds is 5. The van der Waals surface area contributed by atoms with E-state index in [0.29, 0.717) is 22.6 Å². The second kappa shape index (κ2) is 7.25. The monoisotopic (exact) mass is 362 g/mol. The molecule has 0 bridgehead atoms. The van der Waals surface area contributed by atoms with Gasteiger partial charge in [-0.05, 0) is 47.1 Å². The number of nitrogens with zero attached hydrogens (tertiary/aromatic N) is 2. The van der Waals surface area contributed by atoms with E-state index in [1.54, 1.807) is 55.9 Å². The van der Waals surface area contributed by atoms with Crippen LogP contribution >= 0.6 is 0 Å². The van der Waals surface area contributed by atoms with E-state index in [9.17, 15) is 13.3 Å². The topological polar surface area (TPSA) is 50.1 Å². The highest BCUT2D eigenvalue weighted by Gasteiger charge is 2.26. The Hall–Kier alpha value is -2.38. The van der Waals surface area contributed by atoms with Gasteiger partial charge >= 0.3 is 0 Å². The van der Waals surface area contributed by atoms with Crippen molar-refractivity contribution in [2.24, 2.45) is 0 Å². The third kappa shape index (κ3) is 3.52. The van der Waals surface area contributed by atoms with Gasteiger partial charge in [-0.25, -0.2) is 13.5 Å². The molecule has 3 rings (SSSR count). The van der Waals surface area contributed by atoms with Crippen molar-refractivity contribution in [1.29, 1.82) is 0 Å². The van der Waals surface area contributed by atoms with Crippen molar-refractivity contribution in [2.45, 2.75) is 11.3 Å². The van der Waals surface area contributed by atoms with Gasteiger partial charge in [0.05, 0.1) is 18.4 Å². The predicted molar refractivity (Wildman–Crippen MR) is 92.8 cm³/mol. The summed E-state index contributed by atoms with van der Waals surface area (Å²) >= 11 is -1.58. The van der Waals surface area contributed by atoms with Gasteiger partial charge < -0.3 is 9.29 Å². The van der Waals surface area contributed by atoms with Crippen LogP contribution in [0.25, 0.3) is 16.8 Å². The van der Waals surface area contributed by atoms with Crippen molar-refractivity contribution < 1.29 is 18.1 Å². The minimum atomic E-state index is -2.74. The Morgan fingerprint density at radius 1 is 1.20 bits per heavy atom. The number of benzene rings is 2. The molecular formula is C18H16F2N2O2S. The molecule has 4 nitrogen and oxygen atoms in total. The van der Waals surface area contributed by atoms with E-state index in [1.807, 2.05) is 0 Å². The minimum Gasteiger partial charge on any atom is -0.612 e. The summed E-state index contributed by atoms with van der Waals surface area (Å²) in [6.07, 6.45) is 1.90. The molecule has 0 N–H and O–H groups in total. The van der Waals surface area contributed by atoms with Crippen LogP contribution in [-0.2, 0) is 11.2 Å². The van der Waals surface area contributed by atoms with E-state index in [-0.39, 0.29) is 10.5 Å². The summed E-state index contributed by atoms with van der Waals surface area (Å²) in [5, 5.41) is 4.10. The fraction of sp³-hybridized carbons (Fsp3) is 0.167. The van der Waals surface area contributed by atoms with Gasteiger partial charge in [0, 0.05) is 18.0 Å². The molecule has 1 heterocycles. The summed E-state index contributed by atoms with van der Waals surface area (Å²) in [4.78, 5) is 0.135. The normalized spacial score (nSPS) is 12.4. The lowest BCUT2D eigenvalue weighted by Gasteiger charge is -2.17. The van der Waals surface area contributed by atoms with Gasteiger partial charge in [-0.1, -0.05) is 12.1 Å². The summed E-state index contributed by atoms with van der Waals surface area (Å²) < 4.78 is 46.1. The highest BCUT2D eigenvalue weighted by molar-refractivity contribution is 7.90. The van der Waals surface area contributed by atoms with Crippen LogP contribution in [-0.4, -0.2) is 27.7 Å². The molecule has 0 aliphatic rings. The van der Waals surface area contributed by atoms with E-state index < -0.39 is 17.6 Å². The maximum Gasteiger partial charge on any atom is 0.268 e. The largest absolute Gasteiger partial charge is 0.612 e. The van der Waals surface area contributed by atoms with Crippen molar-refractivity contribution >= 4 is 11.2 Å². The second-order valence-electron chi connectivity index (χ2n) is 5.35. The van der Waals surface area contributed by atoms with Gasteiger partial charge in [-0.3, -0.25) is 0 Å². The lowest BCUT2D eigenvalue weighted by molar-refractivity contribution is 0.148. The first kappa shape index (κ1) is 17.4. The van der Waals surface area contributed by atoms with E-state index in [2.05, 4.69) is 5.10 Å². The molecule has 0 aliphatic heterocycles. The van der Waals surface area contributed by atoms with Gasteiger partial charge in [0.25, 0.3) is 6.43 Å². The Morgan fingerprint density at radius 3 is 2.44 bits per heavy atom. The van der Waals surface area contributed by atoms with Gasteiger partial charge in [-0.2, -0.15) is 5.10 Å². The average Bonchev–Trinajstić information content (AvgIpc) is 3.15. The summed E-state index contributed by atoms with van der Waals surface area (Å²) in [6, 6.07) is 11.7. The molecule has 0 amide bonds. The van der Waals surface area contributed by atoms with Crippen molar-refractivity contribution in [1.82, 2.24) is 9.78 Å². The third-order valence-electron chi connectivity index (χ3n) is 3.79. The summed E-state index contributed by atoms with van der Waals surface area (Å²) in [5.41, 5.74) is 1.41. The molecule has 7 heteroatoms. The molecule has 0 aliphatic carbocycles. The molecular weight excluding hydrogens is 346 g/mol. The number of alkyl halides is 2. The number of hydrogen-bond acceptors (Lipinski definition) is 3. The number of halogens is 2. The molecule has 1 aromatic heterocycles. The molecule has 0 fully saturated rings. The summed E-state index contributed by atoms with van der Waals surface area (Å²) in [6.45, 7) is 0. The number of aromatic nitrogens is 2. The smallest absolute Gasteiger partial charge is 0.268 e. The fourth-order valence-electron chi connectivity index (χ4n) is 2.66. The molecule has 25 heavy (non-hydrogen) atoms. The van der Waals surface area contributed by atoms with E-state index in [4.69, 9.17) is 4.74 Å². The van der Waals surface area contributed by atoms with Crippen LogP contribution < -0.4 is 4.74 Å². The van der Waals surface area contributed by atoms with Gasteiger partial charge in [0.2, 0.25) is 0 Å². The van der Waals surface area contributed by atoms with Crippen LogP contribution in [0.2, 0.25) is 0 Å². The van der Waals surface area contributed by atoms with Gasteiger partial charge in [0.15, 0.2) is 4.90 Å². The van der Waals surface area contributed by atoms with Crippen LogP contribution in [0, 0.1) is 0 Å². The van der Waals surface area contributed by atoms with Crippen LogP contribution in [0.1, 0.15) is 12.0 Å². The Morgan fingerprint density at radius 2 is 1.92 bits per heavy atom. The summed E-state index contributed by atoms with van der Waals surface area (Å²) in [5.74, 6) is 0.653. The molecule has 1 atom stereocenters. The molecule has 0 radical (unpaired) electrons. The second-order valence-corrected chi connectivity index (χ2v) is 6.66. The minimum absolute atomic E-state index is 0.135. The van der Waals surface area contributed by atoms with Crippen LogP contribution in [0.3, 0.4) is 0 Å². The summed E-state index contributed by atoms with van der Waals surface area (Å²) in [7, 11) is 1.55. The maximum absolute atomic E-state index is 13.6. The zero-order chi connectivity index (χ0) is 18.0. The Bertz CT molecular complexity index is 850. The van der Waals surface area contributed by atoms with Crippen LogP contribution in [0.4, 0.5) is 8.78 Å². The molecule has 0 saturated heterocycles. The maximum atomic E-state index is 13.6. The van der Waals surface area contributed by atoms with E-state index in [1.165, 1.54) is 17.0 Å². The molecule has 1 unspecified atom stereocenters. The Labute approximate surface area is 147 Å². The van der Waals surface area contributed by atoms with Gasteiger partial charge in [-0.15, -0.1) is 0 Å². The van der Waals surface area contributed by atoms with E-state index in [0.717, 1.165) is 0 Å². The quantitative estimate of drug-likeness (QED) is 0.639. The highest BCUT2D eigenvalue weighted by atomic mass is 32.2. The highest BCUT2D eigenvalue weighted by Crippen LogP contribution is 2.37. The molecule has 2 aromatic carbocycles. The average molecular weight is 362 g/mol. The fourth-order valence-corrected chi connectivity index (χ4v) is 3.62. The predicted octanol–water partition coefficient (Wildman–Crippen LogP) is 4.22. The zero-order valence-corrected chi connectivity index (χ0v) is 14.5. The molecule has 0 saturated carbocycles. The third-order valence-corrected chi connectivity index (χ3v) is 4.83. The Kier molecular flexibility index (Phi) is 5.06. The standard InChI is InChI=1S/C18H16F2N2O2S/c1-24-14-6-4-12(5-7-14)15-10-13(22-9-3-8-21-22)11-16(18(19)20)17(15)25(2)23/h3-11,18H,1-2H3. The van der Waals surface area contributed by atoms with Crippen molar-refractivity contribution in [3.63, 3.8) is 0 Å². The number of methoxy groups -OCH3 is 1. The Balaban J connectivity index is 2.25. The first-order valence-electron chi connectivity index (χ1n) is 7.45.